The van der Waals surface area contributed by atoms with Crippen LogP contribution in [0.25, 0.3) is 5.69 Å². The van der Waals surface area contributed by atoms with Crippen LogP contribution >= 0.6 is 11.8 Å². The van der Waals surface area contributed by atoms with Crippen molar-refractivity contribution >= 4 is 23.4 Å². The van der Waals surface area contributed by atoms with Gasteiger partial charge in [0, 0.05) is 11.6 Å². The molecule has 1 amide bonds. The highest BCUT2D eigenvalue weighted by Gasteiger charge is 2.30. The molecule has 1 heterocycles. The first kappa shape index (κ1) is 16.8. The zero-order valence-electron chi connectivity index (χ0n) is 14.6. The molecule has 6 heteroatoms. The highest BCUT2D eigenvalue weighted by molar-refractivity contribution is 7.99. The molecular weight excluding hydrogens is 344 g/mol. The molecule has 2 aromatic carbocycles. The van der Waals surface area contributed by atoms with Crippen LogP contribution in [0, 0.1) is 6.92 Å². The largest absolute Gasteiger partial charge is 0.325 e. The molecule has 0 unspecified atom stereocenters. The lowest BCUT2D eigenvalue weighted by Gasteiger charge is -2.04. The fraction of sp³-hybridized carbons (Fsp3) is 0.250. The van der Waals surface area contributed by atoms with Crippen molar-refractivity contribution in [3.8, 4) is 5.69 Å². The summed E-state index contributed by atoms with van der Waals surface area (Å²) in [6, 6.07) is 17.8. The lowest BCUT2D eigenvalue weighted by molar-refractivity contribution is -0.113. The van der Waals surface area contributed by atoms with E-state index in [0.717, 1.165) is 30.0 Å². The summed E-state index contributed by atoms with van der Waals surface area (Å²) in [6.45, 7) is 2.02. The first-order chi connectivity index (χ1) is 12.7. The summed E-state index contributed by atoms with van der Waals surface area (Å²) in [5.41, 5.74) is 2.99. The monoisotopic (exact) mass is 364 g/mol. The number of nitrogens with zero attached hydrogens (tertiary/aromatic N) is 3. The summed E-state index contributed by atoms with van der Waals surface area (Å²) in [6.07, 6.45) is 2.31. The van der Waals surface area contributed by atoms with Crippen LogP contribution in [0.3, 0.4) is 0 Å². The van der Waals surface area contributed by atoms with Crippen LogP contribution in [-0.2, 0) is 4.79 Å². The van der Waals surface area contributed by atoms with Gasteiger partial charge in [0.1, 0.15) is 5.82 Å². The topological polar surface area (TPSA) is 59.8 Å². The second-order valence-electron chi connectivity index (χ2n) is 6.48. The molecule has 132 valence electrons. The van der Waals surface area contributed by atoms with Gasteiger partial charge >= 0.3 is 0 Å². The van der Waals surface area contributed by atoms with E-state index in [9.17, 15) is 4.79 Å². The molecule has 1 aromatic heterocycles. The molecule has 0 radical (unpaired) electrons. The van der Waals surface area contributed by atoms with E-state index in [0.29, 0.717) is 11.1 Å². The zero-order chi connectivity index (χ0) is 17.9. The van der Waals surface area contributed by atoms with Gasteiger partial charge in [0.15, 0.2) is 0 Å². The molecule has 26 heavy (non-hydrogen) atoms. The number of rotatable bonds is 6. The summed E-state index contributed by atoms with van der Waals surface area (Å²) in [4.78, 5) is 16.9. The number of aromatic nitrogens is 3. The Hall–Kier alpha value is -2.60. The summed E-state index contributed by atoms with van der Waals surface area (Å²) in [7, 11) is 0. The fourth-order valence-corrected chi connectivity index (χ4v) is 3.32. The number of benzene rings is 2. The molecule has 1 saturated carbocycles. The highest BCUT2D eigenvalue weighted by atomic mass is 32.2. The minimum Gasteiger partial charge on any atom is -0.325 e. The van der Waals surface area contributed by atoms with Gasteiger partial charge in [-0.15, -0.1) is 5.10 Å². The van der Waals surface area contributed by atoms with Crippen molar-refractivity contribution in [2.24, 2.45) is 0 Å². The van der Waals surface area contributed by atoms with Gasteiger partial charge in [-0.2, -0.15) is 0 Å². The van der Waals surface area contributed by atoms with Gasteiger partial charge in [-0.1, -0.05) is 47.7 Å². The standard InChI is InChI=1S/C20H20N4OS/c1-14-7-11-16(12-8-14)21-18(25)13-26-20-22-19(15-9-10-15)24(23-20)17-5-3-2-4-6-17/h2-8,11-12,15H,9-10,13H2,1H3,(H,21,25). The molecular formula is C20H20N4OS. The number of nitrogens with one attached hydrogen (secondary N) is 1. The summed E-state index contributed by atoms with van der Waals surface area (Å²) < 4.78 is 1.91. The molecule has 1 aliphatic rings. The van der Waals surface area contributed by atoms with Crippen molar-refractivity contribution in [1.29, 1.82) is 0 Å². The maximum atomic E-state index is 12.2. The number of amides is 1. The summed E-state index contributed by atoms with van der Waals surface area (Å²) >= 11 is 1.37. The van der Waals surface area contributed by atoms with Crippen LogP contribution < -0.4 is 5.32 Å². The van der Waals surface area contributed by atoms with Gasteiger partial charge in [-0.3, -0.25) is 4.79 Å². The second-order valence-corrected chi connectivity index (χ2v) is 7.42. The quantitative estimate of drug-likeness (QED) is 0.667. The Bertz CT molecular complexity index is 901. The van der Waals surface area contributed by atoms with Crippen LogP contribution in [0.4, 0.5) is 5.69 Å². The predicted octanol–water partition coefficient (Wildman–Crippen LogP) is 4.18. The van der Waals surface area contributed by atoms with Gasteiger partial charge in [0.2, 0.25) is 11.1 Å². The van der Waals surface area contributed by atoms with E-state index in [4.69, 9.17) is 0 Å². The Kier molecular flexibility index (Phi) is 4.75. The van der Waals surface area contributed by atoms with Gasteiger partial charge in [-0.05, 0) is 44.0 Å². The van der Waals surface area contributed by atoms with Crippen LogP contribution in [0.1, 0.15) is 30.1 Å². The number of para-hydroxylation sites is 1. The molecule has 4 rings (SSSR count). The first-order valence-electron chi connectivity index (χ1n) is 8.71. The normalized spacial score (nSPS) is 13.6. The third-order valence-corrected chi connectivity index (χ3v) is 5.06. The number of hydrogen-bond donors (Lipinski definition) is 1. The van der Waals surface area contributed by atoms with Crippen molar-refractivity contribution < 1.29 is 4.79 Å². The minimum atomic E-state index is -0.0529. The van der Waals surface area contributed by atoms with Crippen molar-refractivity contribution in [3.05, 3.63) is 66.0 Å². The molecule has 1 N–H and O–H groups in total. The zero-order valence-corrected chi connectivity index (χ0v) is 15.4. The number of anilines is 1. The van der Waals surface area contributed by atoms with Gasteiger partial charge in [-0.25, -0.2) is 9.67 Å². The summed E-state index contributed by atoms with van der Waals surface area (Å²) in [5, 5.41) is 8.17. The molecule has 0 bridgehead atoms. The Morgan fingerprint density at radius 2 is 1.88 bits per heavy atom. The number of aryl methyl sites for hydroxylation is 1. The van der Waals surface area contributed by atoms with E-state index in [1.807, 2.05) is 66.2 Å². The van der Waals surface area contributed by atoms with Crippen LogP contribution in [0.5, 0.6) is 0 Å². The molecule has 5 nitrogen and oxygen atoms in total. The van der Waals surface area contributed by atoms with Crippen molar-refractivity contribution in [2.45, 2.75) is 30.8 Å². The Morgan fingerprint density at radius 3 is 2.58 bits per heavy atom. The van der Waals surface area contributed by atoms with Crippen LogP contribution in [0.15, 0.2) is 59.8 Å². The second kappa shape index (κ2) is 7.33. The third-order valence-electron chi connectivity index (χ3n) is 4.22. The first-order valence-corrected chi connectivity index (χ1v) is 9.69. The Balaban J connectivity index is 1.43. The smallest absolute Gasteiger partial charge is 0.234 e. The lowest BCUT2D eigenvalue weighted by atomic mass is 10.2. The Labute approximate surface area is 156 Å². The SMILES string of the molecule is Cc1ccc(NC(=O)CSc2nc(C3CC3)n(-c3ccccc3)n2)cc1. The number of carbonyl (C=O) groups excluding carboxylic acids is 1. The molecule has 0 atom stereocenters. The van der Waals surface area contributed by atoms with Gasteiger partial charge in [0.25, 0.3) is 0 Å². The van der Waals surface area contributed by atoms with Crippen molar-refractivity contribution in [3.63, 3.8) is 0 Å². The fourth-order valence-electron chi connectivity index (χ4n) is 2.69. The van der Waals surface area contributed by atoms with Crippen LogP contribution in [-0.4, -0.2) is 26.4 Å². The van der Waals surface area contributed by atoms with E-state index < -0.39 is 0 Å². The molecule has 1 fully saturated rings. The number of hydrogen-bond acceptors (Lipinski definition) is 4. The molecule has 1 aliphatic carbocycles. The maximum Gasteiger partial charge on any atom is 0.234 e. The molecule has 0 saturated heterocycles. The highest BCUT2D eigenvalue weighted by Crippen LogP contribution is 2.40. The minimum absolute atomic E-state index is 0.0529. The van der Waals surface area contributed by atoms with E-state index in [1.165, 1.54) is 17.3 Å². The van der Waals surface area contributed by atoms with Crippen molar-refractivity contribution in [2.75, 3.05) is 11.1 Å². The average molecular weight is 364 g/mol. The van der Waals surface area contributed by atoms with Gasteiger partial charge < -0.3 is 5.32 Å². The number of carbonyl (C=O) groups is 1. The van der Waals surface area contributed by atoms with Gasteiger partial charge in [0.05, 0.1) is 11.4 Å². The molecule has 0 aliphatic heterocycles. The van der Waals surface area contributed by atoms with E-state index >= 15 is 0 Å². The van der Waals surface area contributed by atoms with E-state index in [-0.39, 0.29) is 11.7 Å². The van der Waals surface area contributed by atoms with E-state index in [2.05, 4.69) is 15.4 Å². The van der Waals surface area contributed by atoms with Crippen molar-refractivity contribution in [1.82, 2.24) is 14.8 Å². The average Bonchev–Trinajstić information content (AvgIpc) is 3.42. The maximum absolute atomic E-state index is 12.2. The van der Waals surface area contributed by atoms with E-state index in [1.54, 1.807) is 0 Å². The third kappa shape index (κ3) is 3.96. The molecule has 3 aromatic rings. The van der Waals surface area contributed by atoms with Crippen LogP contribution in [0.2, 0.25) is 0 Å². The Morgan fingerprint density at radius 1 is 1.15 bits per heavy atom. The summed E-state index contributed by atoms with van der Waals surface area (Å²) in [5.74, 6) is 1.72. The lowest BCUT2D eigenvalue weighted by Crippen LogP contribution is -2.14. The molecule has 0 spiro atoms. The number of thioether (sulfide) groups is 1. The predicted molar refractivity (Wildman–Crippen MR) is 104 cm³/mol.